The smallest absolute Gasteiger partial charge is 0.339 e. The molecule has 0 unspecified atom stereocenters. The minimum Gasteiger partial charge on any atom is -0.339 e. The number of halogens is 3. The summed E-state index contributed by atoms with van der Waals surface area (Å²) in [5.41, 5.74) is 1.62. The molecule has 0 radical (unpaired) electrons. The number of carbonyl (C=O) groups is 2. The van der Waals surface area contributed by atoms with Crippen LogP contribution in [0.3, 0.4) is 0 Å². The van der Waals surface area contributed by atoms with Crippen LogP contribution in [-0.2, 0) is 22.3 Å². The molecule has 1 fully saturated rings. The van der Waals surface area contributed by atoms with E-state index in [4.69, 9.17) is 0 Å². The Morgan fingerprint density at radius 1 is 0.868 bits per heavy atom. The number of fused-ring (bicyclic) bond motifs is 1. The summed E-state index contributed by atoms with van der Waals surface area (Å²) in [7, 11) is 0. The first-order chi connectivity index (χ1) is 18.3. The average molecular weight is 538 g/mol. The third kappa shape index (κ3) is 5.95. The number of piperazine rings is 1. The normalized spacial score (nSPS) is 17.6. The first-order valence-electron chi connectivity index (χ1n) is 12.3. The van der Waals surface area contributed by atoms with E-state index in [0.29, 0.717) is 29.2 Å². The number of carbonyl (C=O) groups excluding carboxylic acids is 2. The van der Waals surface area contributed by atoms with E-state index >= 15 is 0 Å². The lowest BCUT2D eigenvalue weighted by Crippen LogP contribution is -2.52. The van der Waals surface area contributed by atoms with Crippen molar-refractivity contribution in [2.45, 2.75) is 17.6 Å². The minimum atomic E-state index is -4.43. The number of amides is 2. The van der Waals surface area contributed by atoms with E-state index in [0.717, 1.165) is 36.7 Å². The predicted molar refractivity (Wildman–Crippen MR) is 142 cm³/mol. The van der Waals surface area contributed by atoms with Crippen LogP contribution in [-0.4, -0.2) is 54.3 Å². The van der Waals surface area contributed by atoms with E-state index in [1.165, 1.54) is 34.4 Å². The summed E-state index contributed by atoms with van der Waals surface area (Å²) in [6, 6.07) is 22.2. The van der Waals surface area contributed by atoms with E-state index < -0.39 is 11.7 Å². The van der Waals surface area contributed by atoms with Crippen molar-refractivity contribution < 1.29 is 22.8 Å². The van der Waals surface area contributed by atoms with Crippen molar-refractivity contribution >= 4 is 35.3 Å². The van der Waals surface area contributed by atoms with Crippen molar-refractivity contribution in [2.24, 2.45) is 0 Å². The highest BCUT2D eigenvalue weighted by molar-refractivity contribution is 8.04. The molecule has 0 spiro atoms. The topological polar surface area (TPSA) is 43.9 Å². The van der Waals surface area contributed by atoms with Gasteiger partial charge in [-0.3, -0.25) is 19.4 Å². The van der Waals surface area contributed by atoms with Gasteiger partial charge < -0.3 is 4.90 Å². The van der Waals surface area contributed by atoms with Crippen LogP contribution in [0, 0.1) is 0 Å². The van der Waals surface area contributed by atoms with Gasteiger partial charge >= 0.3 is 6.18 Å². The molecule has 5 rings (SSSR count). The van der Waals surface area contributed by atoms with Gasteiger partial charge in [-0.15, -0.1) is 0 Å². The Morgan fingerprint density at radius 3 is 2.21 bits per heavy atom. The lowest BCUT2D eigenvalue weighted by atomic mass is 10.1. The maximum atomic E-state index is 13.5. The molecule has 38 heavy (non-hydrogen) atoms. The molecule has 5 nitrogen and oxygen atoms in total. The summed E-state index contributed by atoms with van der Waals surface area (Å²) in [5, 5.41) is 0. The van der Waals surface area contributed by atoms with Gasteiger partial charge in [0, 0.05) is 37.6 Å². The molecule has 2 aliphatic heterocycles. The molecule has 0 aromatic heterocycles. The second kappa shape index (κ2) is 11.0. The summed E-state index contributed by atoms with van der Waals surface area (Å²) >= 11 is 1.25. The van der Waals surface area contributed by atoms with Crippen LogP contribution in [0.4, 0.5) is 18.9 Å². The number of thioether (sulfide) groups is 1. The Balaban J connectivity index is 1.28. The van der Waals surface area contributed by atoms with Crippen LogP contribution in [0.2, 0.25) is 0 Å². The van der Waals surface area contributed by atoms with Crippen LogP contribution in [0.15, 0.2) is 88.7 Å². The van der Waals surface area contributed by atoms with Crippen molar-refractivity contribution in [3.05, 3.63) is 100 Å². The number of anilines is 1. The fourth-order valence-corrected chi connectivity index (χ4v) is 5.63. The maximum Gasteiger partial charge on any atom is 0.416 e. The van der Waals surface area contributed by atoms with E-state index in [1.54, 1.807) is 17.0 Å². The standard InChI is InChI=1S/C29H26F3N3O2S/c30-29(31,32)23-12-10-21(11-13-23)18-26-28(37)35(24-8-4-5-9-25(24)38-26)20-27(36)34-16-14-33(15-17-34)19-22-6-2-1-3-7-22/h1-13,18H,14-17,19-20H2/b26-18-. The maximum absolute atomic E-state index is 13.5. The van der Waals surface area contributed by atoms with Crippen molar-refractivity contribution in [3.8, 4) is 0 Å². The van der Waals surface area contributed by atoms with Gasteiger partial charge in [0.2, 0.25) is 5.91 Å². The SMILES string of the molecule is O=C(CN1C(=O)/C(=C/c2ccc(C(F)(F)F)cc2)Sc2ccccc21)N1CCN(Cc2ccccc2)CC1. The summed E-state index contributed by atoms with van der Waals surface area (Å²) in [6.07, 6.45) is -2.85. The molecule has 9 heteroatoms. The Bertz CT molecular complexity index is 1340. The monoisotopic (exact) mass is 537 g/mol. The van der Waals surface area contributed by atoms with Gasteiger partial charge in [0.15, 0.2) is 0 Å². The van der Waals surface area contributed by atoms with Gasteiger partial charge in [-0.25, -0.2) is 0 Å². The van der Waals surface area contributed by atoms with Crippen molar-refractivity contribution in [1.29, 1.82) is 0 Å². The number of alkyl halides is 3. The van der Waals surface area contributed by atoms with Crippen LogP contribution in [0.5, 0.6) is 0 Å². The Hall–Kier alpha value is -3.56. The molecule has 2 aliphatic rings. The molecular weight excluding hydrogens is 511 g/mol. The zero-order valence-corrected chi connectivity index (χ0v) is 21.3. The highest BCUT2D eigenvalue weighted by atomic mass is 32.2. The molecule has 2 heterocycles. The predicted octanol–water partition coefficient (Wildman–Crippen LogP) is 5.53. The fourth-order valence-electron chi connectivity index (χ4n) is 4.57. The lowest BCUT2D eigenvalue weighted by Gasteiger charge is -2.37. The molecule has 0 aliphatic carbocycles. The summed E-state index contributed by atoms with van der Waals surface area (Å²) in [4.78, 5) is 33.5. The average Bonchev–Trinajstić information content (AvgIpc) is 2.92. The summed E-state index contributed by atoms with van der Waals surface area (Å²) in [6.45, 7) is 3.40. The minimum absolute atomic E-state index is 0.0978. The van der Waals surface area contributed by atoms with Crippen molar-refractivity contribution in [3.63, 3.8) is 0 Å². The molecule has 0 saturated carbocycles. The Kier molecular flexibility index (Phi) is 7.58. The van der Waals surface area contributed by atoms with Gasteiger partial charge in [0.1, 0.15) is 6.54 Å². The molecular formula is C29H26F3N3O2S. The number of nitrogens with zero attached hydrogens (tertiary/aromatic N) is 3. The Labute approximate surface area is 223 Å². The van der Waals surface area contributed by atoms with Crippen molar-refractivity contribution in [2.75, 3.05) is 37.6 Å². The van der Waals surface area contributed by atoms with Gasteiger partial charge in [-0.05, 0) is 41.5 Å². The quantitative estimate of drug-likeness (QED) is 0.402. The zero-order chi connectivity index (χ0) is 26.7. The molecule has 3 aromatic carbocycles. The first-order valence-corrected chi connectivity index (χ1v) is 13.1. The third-order valence-electron chi connectivity index (χ3n) is 6.64. The highest BCUT2D eigenvalue weighted by Crippen LogP contribution is 2.42. The van der Waals surface area contributed by atoms with E-state index in [-0.39, 0.29) is 18.4 Å². The number of hydrogen-bond donors (Lipinski definition) is 0. The highest BCUT2D eigenvalue weighted by Gasteiger charge is 2.33. The number of rotatable bonds is 5. The van der Waals surface area contributed by atoms with E-state index in [2.05, 4.69) is 17.0 Å². The molecule has 0 bridgehead atoms. The summed E-state index contributed by atoms with van der Waals surface area (Å²) < 4.78 is 38.8. The fraction of sp³-hybridized carbons (Fsp3) is 0.241. The Morgan fingerprint density at radius 2 is 1.53 bits per heavy atom. The summed E-state index contributed by atoms with van der Waals surface area (Å²) in [5.74, 6) is -0.474. The lowest BCUT2D eigenvalue weighted by molar-refractivity contribution is -0.137. The van der Waals surface area contributed by atoms with Gasteiger partial charge in [0.05, 0.1) is 16.2 Å². The molecule has 2 amide bonds. The molecule has 3 aromatic rings. The van der Waals surface area contributed by atoms with Crippen LogP contribution < -0.4 is 4.90 Å². The van der Waals surface area contributed by atoms with Crippen LogP contribution in [0.1, 0.15) is 16.7 Å². The zero-order valence-electron chi connectivity index (χ0n) is 20.5. The van der Waals surface area contributed by atoms with E-state index in [9.17, 15) is 22.8 Å². The van der Waals surface area contributed by atoms with Gasteiger partial charge in [-0.2, -0.15) is 13.2 Å². The molecule has 1 saturated heterocycles. The van der Waals surface area contributed by atoms with Gasteiger partial charge in [0.25, 0.3) is 5.91 Å². The molecule has 0 N–H and O–H groups in total. The second-order valence-corrected chi connectivity index (χ2v) is 10.3. The molecule has 196 valence electrons. The van der Waals surface area contributed by atoms with Gasteiger partial charge in [-0.1, -0.05) is 66.4 Å². The largest absolute Gasteiger partial charge is 0.416 e. The van der Waals surface area contributed by atoms with Crippen molar-refractivity contribution in [1.82, 2.24) is 9.80 Å². The van der Waals surface area contributed by atoms with Crippen LogP contribution in [0.25, 0.3) is 6.08 Å². The third-order valence-corrected chi connectivity index (χ3v) is 7.71. The number of benzene rings is 3. The van der Waals surface area contributed by atoms with Crippen LogP contribution >= 0.6 is 11.8 Å². The first kappa shape index (κ1) is 26.1. The van der Waals surface area contributed by atoms with E-state index in [1.807, 2.05) is 36.4 Å². The number of para-hydroxylation sites is 1. The second-order valence-electron chi connectivity index (χ2n) is 9.23. The number of hydrogen-bond acceptors (Lipinski definition) is 4. The molecule has 0 atom stereocenters.